The van der Waals surface area contributed by atoms with E-state index in [4.69, 9.17) is 10.5 Å². The topological polar surface area (TPSA) is 48.1 Å². The molecule has 1 aromatic heterocycles. The molecule has 2 N–H and O–H groups in total. The molecule has 3 nitrogen and oxygen atoms in total. The number of pyridine rings is 1. The molecule has 0 saturated carbocycles. The third kappa shape index (κ3) is 2.53. The van der Waals surface area contributed by atoms with Gasteiger partial charge in [-0.05, 0) is 43.2 Å². The van der Waals surface area contributed by atoms with E-state index in [1.165, 1.54) is 12.1 Å². The molecule has 17 heavy (non-hydrogen) atoms. The van der Waals surface area contributed by atoms with Gasteiger partial charge in [0, 0.05) is 6.07 Å². The number of nitrogens with two attached hydrogens (primary N) is 1. The van der Waals surface area contributed by atoms with Crippen LogP contribution >= 0.6 is 0 Å². The number of hydrogen-bond acceptors (Lipinski definition) is 3. The van der Waals surface area contributed by atoms with Crippen molar-refractivity contribution in [3.05, 3.63) is 47.4 Å². The first-order valence-electron chi connectivity index (χ1n) is 5.22. The Balaban J connectivity index is 2.28. The summed E-state index contributed by atoms with van der Waals surface area (Å²) in [6, 6.07) is 6.10. The van der Waals surface area contributed by atoms with Crippen LogP contribution in [0.15, 0.2) is 30.5 Å². The molecule has 0 atom stereocenters. The van der Waals surface area contributed by atoms with E-state index in [0.29, 0.717) is 17.3 Å². The molecule has 0 aliphatic heterocycles. The van der Waals surface area contributed by atoms with Gasteiger partial charge in [-0.1, -0.05) is 0 Å². The van der Waals surface area contributed by atoms with Crippen molar-refractivity contribution < 1.29 is 9.13 Å². The molecule has 2 aromatic rings. The summed E-state index contributed by atoms with van der Waals surface area (Å²) in [6.07, 6.45) is 1.55. The standard InChI is InChI=1S/C13H13FN2O/c1-8-6-13(16-7-11(8)15)17-12-4-3-10(14)5-9(12)2/h3-7H,15H2,1-2H3. The first-order chi connectivity index (χ1) is 8.06. The lowest BCUT2D eigenvalue weighted by molar-refractivity contribution is 0.457. The number of aryl methyl sites for hydroxylation is 2. The highest BCUT2D eigenvalue weighted by molar-refractivity contribution is 5.46. The van der Waals surface area contributed by atoms with E-state index in [1.807, 2.05) is 6.92 Å². The zero-order chi connectivity index (χ0) is 12.4. The van der Waals surface area contributed by atoms with Crippen molar-refractivity contribution in [1.29, 1.82) is 0 Å². The first kappa shape index (κ1) is 11.4. The quantitative estimate of drug-likeness (QED) is 0.864. The van der Waals surface area contributed by atoms with Crippen LogP contribution in [0.3, 0.4) is 0 Å². The number of rotatable bonds is 2. The van der Waals surface area contributed by atoms with E-state index in [2.05, 4.69) is 4.98 Å². The van der Waals surface area contributed by atoms with Crippen molar-refractivity contribution >= 4 is 5.69 Å². The van der Waals surface area contributed by atoms with Gasteiger partial charge >= 0.3 is 0 Å². The van der Waals surface area contributed by atoms with Crippen LogP contribution in [0.5, 0.6) is 11.6 Å². The average Bonchev–Trinajstić information content (AvgIpc) is 2.27. The molecule has 0 bridgehead atoms. The zero-order valence-corrected chi connectivity index (χ0v) is 9.70. The monoisotopic (exact) mass is 232 g/mol. The van der Waals surface area contributed by atoms with Gasteiger partial charge in [0.2, 0.25) is 5.88 Å². The van der Waals surface area contributed by atoms with Crippen LogP contribution in [0, 0.1) is 19.7 Å². The van der Waals surface area contributed by atoms with Crippen molar-refractivity contribution in [1.82, 2.24) is 4.98 Å². The summed E-state index contributed by atoms with van der Waals surface area (Å²) < 4.78 is 18.5. The first-order valence-corrected chi connectivity index (χ1v) is 5.22. The van der Waals surface area contributed by atoms with Crippen LogP contribution in [0.25, 0.3) is 0 Å². The Labute approximate surface area is 99.1 Å². The maximum atomic E-state index is 12.9. The maximum absolute atomic E-state index is 12.9. The molecule has 4 heteroatoms. The second-order valence-electron chi connectivity index (χ2n) is 3.89. The SMILES string of the molecule is Cc1cc(Oc2ccc(F)cc2C)ncc1N. The van der Waals surface area contributed by atoms with E-state index >= 15 is 0 Å². The van der Waals surface area contributed by atoms with Crippen molar-refractivity contribution in [3.8, 4) is 11.6 Å². The van der Waals surface area contributed by atoms with Crippen LogP contribution < -0.4 is 10.5 Å². The predicted octanol–water partition coefficient (Wildman–Crippen LogP) is 3.21. The summed E-state index contributed by atoms with van der Waals surface area (Å²) in [5.74, 6) is 0.755. The van der Waals surface area contributed by atoms with Gasteiger partial charge in [-0.3, -0.25) is 0 Å². The molecule has 0 amide bonds. The summed E-state index contributed by atoms with van der Waals surface area (Å²) in [7, 11) is 0. The Morgan fingerprint density at radius 1 is 1.18 bits per heavy atom. The van der Waals surface area contributed by atoms with Gasteiger partial charge in [0.25, 0.3) is 0 Å². The molecule has 0 fully saturated rings. The van der Waals surface area contributed by atoms with E-state index < -0.39 is 0 Å². The number of benzene rings is 1. The van der Waals surface area contributed by atoms with Gasteiger partial charge in [-0.25, -0.2) is 9.37 Å². The minimum atomic E-state index is -0.281. The minimum Gasteiger partial charge on any atom is -0.439 e. The molecule has 88 valence electrons. The highest BCUT2D eigenvalue weighted by Gasteiger charge is 2.05. The van der Waals surface area contributed by atoms with Crippen LogP contribution in [0.2, 0.25) is 0 Å². The van der Waals surface area contributed by atoms with Gasteiger partial charge in [0.1, 0.15) is 11.6 Å². The molecule has 0 unspecified atom stereocenters. The number of hydrogen-bond donors (Lipinski definition) is 1. The lowest BCUT2D eigenvalue weighted by Gasteiger charge is -2.08. The van der Waals surface area contributed by atoms with Gasteiger partial charge in [0.15, 0.2) is 0 Å². The summed E-state index contributed by atoms with van der Waals surface area (Å²) in [5, 5.41) is 0. The van der Waals surface area contributed by atoms with Gasteiger partial charge < -0.3 is 10.5 Å². The summed E-state index contributed by atoms with van der Waals surface area (Å²) in [6.45, 7) is 3.66. The normalized spacial score (nSPS) is 10.3. The van der Waals surface area contributed by atoms with Crippen molar-refractivity contribution in [2.45, 2.75) is 13.8 Å². The zero-order valence-electron chi connectivity index (χ0n) is 9.70. The lowest BCUT2D eigenvalue weighted by atomic mass is 10.2. The fraction of sp³-hybridized carbons (Fsp3) is 0.154. The fourth-order valence-electron chi connectivity index (χ4n) is 1.44. The molecule has 2 rings (SSSR count). The molecule has 0 aliphatic carbocycles. The molecule has 0 radical (unpaired) electrons. The Kier molecular flexibility index (Phi) is 2.95. The average molecular weight is 232 g/mol. The van der Waals surface area contributed by atoms with Crippen LogP contribution in [-0.4, -0.2) is 4.98 Å². The Morgan fingerprint density at radius 2 is 1.94 bits per heavy atom. The Bertz CT molecular complexity index is 555. The number of halogens is 1. The third-order valence-corrected chi connectivity index (χ3v) is 2.48. The summed E-state index contributed by atoms with van der Waals surface area (Å²) >= 11 is 0. The number of anilines is 1. The fourth-order valence-corrected chi connectivity index (χ4v) is 1.44. The number of aromatic nitrogens is 1. The van der Waals surface area contributed by atoms with E-state index in [9.17, 15) is 4.39 Å². The van der Waals surface area contributed by atoms with Gasteiger partial charge in [0.05, 0.1) is 11.9 Å². The molecule has 1 aromatic carbocycles. The number of ether oxygens (including phenoxy) is 1. The van der Waals surface area contributed by atoms with Gasteiger partial charge in [-0.15, -0.1) is 0 Å². The number of nitrogen functional groups attached to an aromatic ring is 1. The summed E-state index contributed by atoms with van der Waals surface area (Å²) in [5.41, 5.74) is 7.90. The van der Waals surface area contributed by atoms with Crippen molar-refractivity contribution in [3.63, 3.8) is 0 Å². The molecule has 0 spiro atoms. The highest BCUT2D eigenvalue weighted by atomic mass is 19.1. The smallest absolute Gasteiger partial charge is 0.219 e. The Hall–Kier alpha value is -2.10. The van der Waals surface area contributed by atoms with Gasteiger partial charge in [-0.2, -0.15) is 0 Å². The van der Waals surface area contributed by atoms with E-state index in [-0.39, 0.29) is 5.82 Å². The predicted molar refractivity (Wildman–Crippen MR) is 64.6 cm³/mol. The second-order valence-corrected chi connectivity index (χ2v) is 3.89. The second kappa shape index (κ2) is 4.41. The van der Waals surface area contributed by atoms with Crippen molar-refractivity contribution in [2.24, 2.45) is 0 Å². The molecular formula is C13H13FN2O. The largest absolute Gasteiger partial charge is 0.439 e. The van der Waals surface area contributed by atoms with Crippen molar-refractivity contribution in [2.75, 3.05) is 5.73 Å². The third-order valence-electron chi connectivity index (χ3n) is 2.48. The Morgan fingerprint density at radius 3 is 2.59 bits per heavy atom. The molecule has 0 saturated heterocycles. The van der Waals surface area contributed by atoms with Crippen LogP contribution in [-0.2, 0) is 0 Å². The van der Waals surface area contributed by atoms with Crippen LogP contribution in [0.1, 0.15) is 11.1 Å². The maximum Gasteiger partial charge on any atom is 0.219 e. The van der Waals surface area contributed by atoms with E-state index in [1.54, 1.807) is 25.3 Å². The van der Waals surface area contributed by atoms with Crippen LogP contribution in [0.4, 0.5) is 10.1 Å². The number of nitrogens with zero attached hydrogens (tertiary/aromatic N) is 1. The highest BCUT2D eigenvalue weighted by Crippen LogP contribution is 2.25. The summed E-state index contributed by atoms with van der Waals surface area (Å²) in [4.78, 5) is 4.06. The molecular weight excluding hydrogens is 219 g/mol. The minimum absolute atomic E-state index is 0.281. The van der Waals surface area contributed by atoms with E-state index in [0.717, 1.165) is 11.1 Å². The molecule has 0 aliphatic rings. The molecule has 1 heterocycles. The lowest BCUT2D eigenvalue weighted by Crippen LogP contribution is -1.95.